The molecule has 0 bridgehead atoms. The Morgan fingerprint density at radius 2 is 0.870 bits per heavy atom. The molecule has 1 aliphatic heterocycles. The molecule has 2 aliphatic rings. The number of rotatable bonds is 5. The van der Waals surface area contributed by atoms with E-state index >= 15 is 0 Å². The molecule has 0 amide bonds. The van der Waals surface area contributed by atoms with Gasteiger partial charge < -0.3 is 9.31 Å². The molecule has 2 nitrogen and oxygen atoms in total. The predicted octanol–water partition coefficient (Wildman–Crippen LogP) is 9.68. The molecule has 1 fully saturated rings. The molecule has 0 spiro atoms. The standard InChI is InChI=1S/C43H37BO2/c1-41(2)42(3,4)46-44(45-41)35-28-26-31(27-29-35)30-22-24-32(25-23-30)36-19-13-21-39-40(36)37-18-11-12-20-38(37)43(39,33-14-7-5-8-15-33)34-16-9-6-10-17-34/h5-29H,1-4H3. The molecular weight excluding hydrogens is 559 g/mol. The van der Waals surface area contributed by atoms with Crippen molar-refractivity contribution in [3.63, 3.8) is 0 Å². The third kappa shape index (κ3) is 4.34. The van der Waals surface area contributed by atoms with Gasteiger partial charge in [-0.15, -0.1) is 0 Å². The van der Waals surface area contributed by atoms with Crippen LogP contribution in [0.3, 0.4) is 0 Å². The van der Waals surface area contributed by atoms with Crippen LogP contribution in [-0.2, 0) is 14.7 Å². The third-order valence-electron chi connectivity index (χ3n) is 10.4. The van der Waals surface area contributed by atoms with Crippen molar-refractivity contribution in [2.24, 2.45) is 0 Å². The van der Waals surface area contributed by atoms with Gasteiger partial charge in [0.15, 0.2) is 0 Å². The number of hydrogen-bond acceptors (Lipinski definition) is 2. The summed E-state index contributed by atoms with van der Waals surface area (Å²) < 4.78 is 12.5. The van der Waals surface area contributed by atoms with Gasteiger partial charge in [-0.25, -0.2) is 0 Å². The van der Waals surface area contributed by atoms with Gasteiger partial charge in [-0.2, -0.15) is 0 Å². The molecule has 6 aromatic carbocycles. The summed E-state index contributed by atoms with van der Waals surface area (Å²) in [6.07, 6.45) is 0. The first-order valence-corrected chi connectivity index (χ1v) is 16.2. The van der Waals surface area contributed by atoms with Gasteiger partial charge in [-0.1, -0.05) is 152 Å². The van der Waals surface area contributed by atoms with Crippen molar-refractivity contribution in [1.82, 2.24) is 0 Å². The zero-order valence-electron chi connectivity index (χ0n) is 26.8. The Morgan fingerprint density at radius 3 is 1.46 bits per heavy atom. The Balaban J connectivity index is 1.20. The van der Waals surface area contributed by atoms with Crippen molar-refractivity contribution in [1.29, 1.82) is 0 Å². The quantitative estimate of drug-likeness (QED) is 0.184. The van der Waals surface area contributed by atoms with E-state index < -0.39 is 5.41 Å². The van der Waals surface area contributed by atoms with Crippen LogP contribution in [0.5, 0.6) is 0 Å². The Labute approximate surface area is 272 Å². The number of benzene rings is 6. The topological polar surface area (TPSA) is 18.5 Å². The van der Waals surface area contributed by atoms with Crippen molar-refractivity contribution < 1.29 is 9.31 Å². The highest BCUT2D eigenvalue weighted by Crippen LogP contribution is 2.58. The third-order valence-corrected chi connectivity index (χ3v) is 10.4. The molecule has 224 valence electrons. The maximum atomic E-state index is 6.27. The molecule has 0 atom stereocenters. The van der Waals surface area contributed by atoms with Crippen LogP contribution in [0.25, 0.3) is 33.4 Å². The fourth-order valence-corrected chi connectivity index (χ4v) is 7.39. The summed E-state index contributed by atoms with van der Waals surface area (Å²) in [5.41, 5.74) is 12.6. The van der Waals surface area contributed by atoms with Crippen LogP contribution in [0.4, 0.5) is 0 Å². The molecule has 1 aliphatic carbocycles. The number of fused-ring (bicyclic) bond motifs is 3. The lowest BCUT2D eigenvalue weighted by Gasteiger charge is -2.34. The molecular formula is C43H37BO2. The molecule has 8 rings (SSSR count). The van der Waals surface area contributed by atoms with E-state index in [9.17, 15) is 0 Å². The van der Waals surface area contributed by atoms with Gasteiger partial charge in [0.25, 0.3) is 0 Å². The highest BCUT2D eigenvalue weighted by Gasteiger charge is 2.51. The molecule has 46 heavy (non-hydrogen) atoms. The zero-order valence-corrected chi connectivity index (χ0v) is 26.8. The lowest BCUT2D eigenvalue weighted by Crippen LogP contribution is -2.41. The lowest BCUT2D eigenvalue weighted by atomic mass is 9.67. The Kier molecular flexibility index (Phi) is 6.69. The second-order valence-corrected chi connectivity index (χ2v) is 13.5. The van der Waals surface area contributed by atoms with Crippen molar-refractivity contribution in [2.75, 3.05) is 0 Å². The minimum atomic E-state index is -0.399. The summed E-state index contributed by atoms with van der Waals surface area (Å²) in [6, 6.07) is 55.3. The van der Waals surface area contributed by atoms with E-state index in [2.05, 4.69) is 179 Å². The monoisotopic (exact) mass is 596 g/mol. The van der Waals surface area contributed by atoms with Gasteiger partial charge in [0.2, 0.25) is 0 Å². The summed E-state index contributed by atoms with van der Waals surface area (Å²) in [6.45, 7) is 8.36. The van der Waals surface area contributed by atoms with E-state index in [1.54, 1.807) is 0 Å². The van der Waals surface area contributed by atoms with Crippen LogP contribution in [0.2, 0.25) is 0 Å². The fourth-order valence-electron chi connectivity index (χ4n) is 7.39. The van der Waals surface area contributed by atoms with Gasteiger partial charge in [0.05, 0.1) is 16.6 Å². The Morgan fingerprint density at radius 1 is 0.413 bits per heavy atom. The minimum absolute atomic E-state index is 0.355. The first kappa shape index (κ1) is 28.8. The molecule has 0 radical (unpaired) electrons. The molecule has 1 saturated heterocycles. The highest BCUT2D eigenvalue weighted by molar-refractivity contribution is 6.62. The first-order chi connectivity index (χ1) is 22.3. The van der Waals surface area contributed by atoms with Crippen LogP contribution >= 0.6 is 0 Å². The first-order valence-electron chi connectivity index (χ1n) is 16.2. The van der Waals surface area contributed by atoms with E-state index in [1.165, 1.54) is 55.6 Å². The van der Waals surface area contributed by atoms with E-state index in [0.717, 1.165) is 5.46 Å². The van der Waals surface area contributed by atoms with Gasteiger partial charge in [0.1, 0.15) is 0 Å². The van der Waals surface area contributed by atoms with Crippen molar-refractivity contribution in [3.05, 3.63) is 174 Å². The maximum Gasteiger partial charge on any atom is 0.494 e. The van der Waals surface area contributed by atoms with E-state index in [1.807, 2.05) is 0 Å². The second-order valence-electron chi connectivity index (χ2n) is 13.5. The fraction of sp³-hybridized carbons (Fsp3) is 0.163. The summed E-state index contributed by atoms with van der Waals surface area (Å²) in [7, 11) is -0.358. The normalized spacial score (nSPS) is 17.0. The SMILES string of the molecule is CC1(C)OB(c2ccc(-c3ccc(-c4cccc5c4-c4ccccc4C5(c4ccccc4)c4ccccc4)cc3)cc2)OC1(C)C. The second kappa shape index (κ2) is 10.7. The molecule has 0 aromatic heterocycles. The van der Waals surface area contributed by atoms with Gasteiger partial charge in [-0.3, -0.25) is 0 Å². The van der Waals surface area contributed by atoms with Crippen molar-refractivity contribution in [2.45, 2.75) is 44.3 Å². The zero-order chi connectivity index (χ0) is 31.5. The largest absolute Gasteiger partial charge is 0.494 e. The van der Waals surface area contributed by atoms with Crippen LogP contribution in [0.1, 0.15) is 49.9 Å². The van der Waals surface area contributed by atoms with Gasteiger partial charge in [0, 0.05) is 0 Å². The van der Waals surface area contributed by atoms with Crippen molar-refractivity contribution in [3.8, 4) is 33.4 Å². The molecule has 6 aromatic rings. The van der Waals surface area contributed by atoms with Gasteiger partial charge in [-0.05, 0) is 88.8 Å². The molecule has 0 unspecified atom stereocenters. The van der Waals surface area contributed by atoms with Crippen molar-refractivity contribution >= 4 is 12.6 Å². The van der Waals surface area contributed by atoms with Crippen LogP contribution in [-0.4, -0.2) is 18.3 Å². The summed E-state index contributed by atoms with van der Waals surface area (Å²) in [4.78, 5) is 0. The summed E-state index contributed by atoms with van der Waals surface area (Å²) in [5.74, 6) is 0. The Hall–Kier alpha value is -4.70. The molecule has 0 N–H and O–H groups in total. The van der Waals surface area contributed by atoms with E-state index in [0.29, 0.717) is 0 Å². The average molecular weight is 597 g/mol. The van der Waals surface area contributed by atoms with Crippen LogP contribution in [0, 0.1) is 0 Å². The van der Waals surface area contributed by atoms with E-state index in [-0.39, 0.29) is 18.3 Å². The lowest BCUT2D eigenvalue weighted by molar-refractivity contribution is 0.00578. The molecule has 1 heterocycles. The minimum Gasteiger partial charge on any atom is -0.399 e. The average Bonchev–Trinajstić information content (AvgIpc) is 3.52. The van der Waals surface area contributed by atoms with Gasteiger partial charge >= 0.3 is 7.12 Å². The smallest absolute Gasteiger partial charge is 0.399 e. The van der Waals surface area contributed by atoms with E-state index in [4.69, 9.17) is 9.31 Å². The van der Waals surface area contributed by atoms with Crippen LogP contribution < -0.4 is 5.46 Å². The highest BCUT2D eigenvalue weighted by atomic mass is 16.7. The predicted molar refractivity (Wildman–Crippen MR) is 190 cm³/mol. The maximum absolute atomic E-state index is 6.27. The molecule has 3 heteroatoms. The number of hydrogen-bond donors (Lipinski definition) is 0. The summed E-state index contributed by atoms with van der Waals surface area (Å²) in [5, 5.41) is 0. The molecule has 0 saturated carbocycles. The Bertz CT molecular complexity index is 1970. The van der Waals surface area contributed by atoms with Crippen LogP contribution in [0.15, 0.2) is 152 Å². The summed E-state index contributed by atoms with van der Waals surface area (Å²) >= 11 is 0.